The van der Waals surface area contributed by atoms with Crippen LogP contribution in [-0.2, 0) is 0 Å². The smallest absolute Gasteiger partial charge is 0.159 e. The summed E-state index contributed by atoms with van der Waals surface area (Å²) in [6.45, 7) is 3.70. The average Bonchev–Trinajstić information content (AvgIpc) is 2.33. The van der Waals surface area contributed by atoms with Crippen molar-refractivity contribution in [3.63, 3.8) is 0 Å². The lowest BCUT2D eigenvalue weighted by molar-refractivity contribution is 0.101. The zero-order chi connectivity index (χ0) is 12.4. The Labute approximate surface area is 115 Å². The molecule has 2 rings (SSSR count). The monoisotopic (exact) mass is 336 g/mol. The fourth-order valence-corrected chi connectivity index (χ4v) is 2.43. The molecule has 0 radical (unpaired) electrons. The van der Waals surface area contributed by atoms with E-state index >= 15 is 0 Å². The Kier molecular flexibility index (Phi) is 3.62. The quantitative estimate of drug-likeness (QED) is 0.584. The van der Waals surface area contributed by atoms with Crippen LogP contribution in [0.5, 0.6) is 0 Å². The van der Waals surface area contributed by atoms with Gasteiger partial charge in [-0.05, 0) is 65.3 Å². The van der Waals surface area contributed by atoms with Gasteiger partial charge >= 0.3 is 0 Å². The summed E-state index contributed by atoms with van der Waals surface area (Å²) in [4.78, 5) is 11.5. The predicted molar refractivity (Wildman–Crippen MR) is 79.3 cm³/mol. The van der Waals surface area contributed by atoms with Crippen molar-refractivity contribution in [2.24, 2.45) is 0 Å². The molecule has 0 saturated heterocycles. The van der Waals surface area contributed by atoms with Gasteiger partial charge in [-0.15, -0.1) is 0 Å². The van der Waals surface area contributed by atoms with Crippen LogP contribution in [0.4, 0.5) is 0 Å². The van der Waals surface area contributed by atoms with E-state index in [1.165, 1.54) is 5.56 Å². The second-order valence-corrected chi connectivity index (χ2v) is 5.22. The van der Waals surface area contributed by atoms with Crippen molar-refractivity contribution in [1.82, 2.24) is 0 Å². The Bertz CT molecular complexity index is 559. The lowest BCUT2D eigenvalue weighted by Crippen LogP contribution is -1.97. The molecule has 0 aliphatic heterocycles. The summed E-state index contributed by atoms with van der Waals surface area (Å²) in [6, 6.07) is 14.1. The van der Waals surface area contributed by atoms with E-state index in [1.54, 1.807) is 6.92 Å². The maximum Gasteiger partial charge on any atom is 0.159 e. The van der Waals surface area contributed by atoms with Crippen molar-refractivity contribution in [2.45, 2.75) is 13.8 Å². The summed E-state index contributed by atoms with van der Waals surface area (Å²) in [7, 11) is 0. The van der Waals surface area contributed by atoms with Gasteiger partial charge in [-0.25, -0.2) is 0 Å². The van der Waals surface area contributed by atoms with Crippen molar-refractivity contribution in [3.05, 3.63) is 57.2 Å². The minimum Gasteiger partial charge on any atom is -0.295 e. The third kappa shape index (κ3) is 2.57. The number of rotatable bonds is 2. The molecule has 1 nitrogen and oxygen atoms in total. The molecule has 0 aliphatic rings. The normalized spacial score (nSPS) is 10.3. The highest BCUT2D eigenvalue weighted by Crippen LogP contribution is 2.28. The molecular weight excluding hydrogens is 323 g/mol. The first-order valence-corrected chi connectivity index (χ1v) is 6.54. The first-order chi connectivity index (χ1) is 8.09. The molecule has 0 heterocycles. The van der Waals surface area contributed by atoms with Gasteiger partial charge in [0.25, 0.3) is 0 Å². The van der Waals surface area contributed by atoms with E-state index in [0.717, 1.165) is 20.3 Å². The lowest BCUT2D eigenvalue weighted by Gasteiger charge is -2.10. The molecule has 0 aliphatic carbocycles. The molecule has 0 N–H and O–H groups in total. The number of hydrogen-bond donors (Lipinski definition) is 0. The van der Waals surface area contributed by atoms with Gasteiger partial charge in [0.05, 0.1) is 0 Å². The molecule has 0 fully saturated rings. The number of benzene rings is 2. The summed E-state index contributed by atoms with van der Waals surface area (Å²) in [5, 5.41) is 0. The van der Waals surface area contributed by atoms with Gasteiger partial charge in [-0.3, -0.25) is 4.79 Å². The van der Waals surface area contributed by atoms with E-state index in [9.17, 15) is 4.79 Å². The minimum absolute atomic E-state index is 0.111. The van der Waals surface area contributed by atoms with Crippen LogP contribution in [0, 0.1) is 10.5 Å². The van der Waals surface area contributed by atoms with Crippen molar-refractivity contribution >= 4 is 28.4 Å². The van der Waals surface area contributed by atoms with Crippen LogP contribution in [-0.4, -0.2) is 5.78 Å². The van der Waals surface area contributed by atoms with E-state index < -0.39 is 0 Å². The van der Waals surface area contributed by atoms with E-state index in [1.807, 2.05) is 30.3 Å². The van der Waals surface area contributed by atoms with Gasteiger partial charge < -0.3 is 0 Å². The number of hydrogen-bond acceptors (Lipinski definition) is 1. The Hall–Kier alpha value is -1.16. The summed E-state index contributed by atoms with van der Waals surface area (Å²) < 4.78 is 1.13. The number of halogens is 1. The van der Waals surface area contributed by atoms with E-state index in [-0.39, 0.29) is 5.78 Å². The Morgan fingerprint density at radius 3 is 2.35 bits per heavy atom. The minimum atomic E-state index is 0.111. The molecule has 0 saturated carbocycles. The SMILES string of the molecule is CC(=O)c1cc(I)c(C)c(-c2ccccc2)c1. The highest BCUT2D eigenvalue weighted by atomic mass is 127. The van der Waals surface area contributed by atoms with Gasteiger partial charge in [0, 0.05) is 9.13 Å². The van der Waals surface area contributed by atoms with Gasteiger partial charge in [-0.1, -0.05) is 30.3 Å². The van der Waals surface area contributed by atoms with E-state index in [4.69, 9.17) is 0 Å². The van der Waals surface area contributed by atoms with Crippen molar-refractivity contribution in [1.29, 1.82) is 0 Å². The highest BCUT2D eigenvalue weighted by molar-refractivity contribution is 14.1. The Balaban J connectivity index is 2.65. The number of Topliss-reactive ketones (excluding diaryl/α,β-unsaturated/α-hetero) is 1. The molecule has 0 aromatic heterocycles. The molecule has 86 valence electrons. The second-order valence-electron chi connectivity index (χ2n) is 4.05. The fourth-order valence-electron chi connectivity index (χ4n) is 1.80. The highest BCUT2D eigenvalue weighted by Gasteiger charge is 2.09. The first-order valence-electron chi connectivity index (χ1n) is 5.46. The van der Waals surface area contributed by atoms with Gasteiger partial charge in [0.1, 0.15) is 0 Å². The molecule has 0 spiro atoms. The van der Waals surface area contributed by atoms with Crippen molar-refractivity contribution in [2.75, 3.05) is 0 Å². The second kappa shape index (κ2) is 5.00. The van der Waals surface area contributed by atoms with Crippen LogP contribution in [0.3, 0.4) is 0 Å². The largest absolute Gasteiger partial charge is 0.295 e. The van der Waals surface area contributed by atoms with Crippen LogP contribution in [0.2, 0.25) is 0 Å². The Morgan fingerprint density at radius 1 is 1.12 bits per heavy atom. The number of carbonyl (C=O) groups excluding carboxylic acids is 1. The van der Waals surface area contributed by atoms with Crippen molar-refractivity contribution < 1.29 is 4.79 Å². The van der Waals surface area contributed by atoms with E-state index in [2.05, 4.69) is 41.6 Å². The third-order valence-electron chi connectivity index (χ3n) is 2.84. The van der Waals surface area contributed by atoms with Crippen LogP contribution < -0.4 is 0 Å². The summed E-state index contributed by atoms with van der Waals surface area (Å²) in [6.07, 6.45) is 0. The van der Waals surface area contributed by atoms with Gasteiger partial charge in [0.15, 0.2) is 5.78 Å². The molecule has 2 aromatic rings. The van der Waals surface area contributed by atoms with Crippen LogP contribution in [0.15, 0.2) is 42.5 Å². The van der Waals surface area contributed by atoms with Gasteiger partial charge in [0.2, 0.25) is 0 Å². The van der Waals surface area contributed by atoms with Crippen LogP contribution in [0.1, 0.15) is 22.8 Å². The summed E-state index contributed by atoms with van der Waals surface area (Å²) in [5.41, 5.74) is 4.30. The zero-order valence-electron chi connectivity index (χ0n) is 9.83. The molecular formula is C15H13IO. The molecule has 17 heavy (non-hydrogen) atoms. The van der Waals surface area contributed by atoms with Gasteiger partial charge in [-0.2, -0.15) is 0 Å². The molecule has 2 heteroatoms. The molecule has 0 unspecified atom stereocenters. The number of ketones is 1. The molecule has 2 aromatic carbocycles. The molecule has 0 bridgehead atoms. The average molecular weight is 336 g/mol. The maximum atomic E-state index is 11.5. The third-order valence-corrected chi connectivity index (χ3v) is 3.96. The zero-order valence-corrected chi connectivity index (χ0v) is 12.0. The Morgan fingerprint density at radius 2 is 1.76 bits per heavy atom. The maximum absolute atomic E-state index is 11.5. The lowest BCUT2D eigenvalue weighted by atomic mass is 9.97. The first kappa shape index (κ1) is 12.3. The number of carbonyl (C=O) groups is 1. The van der Waals surface area contributed by atoms with E-state index in [0.29, 0.717) is 0 Å². The summed E-state index contributed by atoms with van der Waals surface area (Å²) >= 11 is 2.28. The van der Waals surface area contributed by atoms with Crippen LogP contribution in [0.25, 0.3) is 11.1 Å². The standard InChI is InChI=1S/C15H13IO/c1-10-14(12-6-4-3-5-7-12)8-13(11(2)17)9-15(10)16/h3-9H,1-2H3. The fraction of sp³-hybridized carbons (Fsp3) is 0.133. The van der Waals surface area contributed by atoms with Crippen molar-refractivity contribution in [3.8, 4) is 11.1 Å². The molecule has 0 atom stereocenters. The topological polar surface area (TPSA) is 17.1 Å². The summed E-state index contributed by atoms with van der Waals surface area (Å²) in [5.74, 6) is 0.111. The van der Waals surface area contributed by atoms with Crippen LogP contribution >= 0.6 is 22.6 Å². The molecule has 0 amide bonds. The predicted octanol–water partition coefficient (Wildman–Crippen LogP) is 4.47.